The van der Waals surface area contributed by atoms with E-state index in [1.165, 1.54) is 24.3 Å². The van der Waals surface area contributed by atoms with Gasteiger partial charge in [0.1, 0.15) is 11.8 Å². The third-order valence-corrected chi connectivity index (χ3v) is 4.70. The number of rotatable bonds is 6. The maximum atomic E-state index is 12.7. The Morgan fingerprint density at radius 1 is 1.25 bits per heavy atom. The third kappa shape index (κ3) is 4.49. The van der Waals surface area contributed by atoms with Crippen molar-refractivity contribution in [2.45, 2.75) is 18.0 Å². The van der Waals surface area contributed by atoms with Gasteiger partial charge in [0.15, 0.2) is 5.75 Å². The first kappa shape index (κ1) is 21.8. The lowest BCUT2D eigenvalue weighted by atomic mass is 10.1. The van der Waals surface area contributed by atoms with Crippen molar-refractivity contribution in [3.05, 3.63) is 41.8 Å². The van der Waals surface area contributed by atoms with Gasteiger partial charge in [0.2, 0.25) is 0 Å². The van der Waals surface area contributed by atoms with Crippen molar-refractivity contribution in [3.8, 4) is 5.75 Å². The highest BCUT2D eigenvalue weighted by atomic mass is 32.2. The van der Waals surface area contributed by atoms with Crippen LogP contribution in [0.4, 0.5) is 17.1 Å². The van der Waals surface area contributed by atoms with Gasteiger partial charge in [0, 0.05) is 12.6 Å². The highest BCUT2D eigenvalue weighted by Gasteiger charge is 2.50. The van der Waals surface area contributed by atoms with Crippen LogP contribution in [-0.4, -0.2) is 43.9 Å². The molecule has 0 bridgehead atoms. The molecule has 0 radical (unpaired) electrons. The number of ether oxygens (including phenoxy) is 1. The molecule has 1 aromatic rings. The molecular weight excluding hydrogens is 434 g/mol. The standard InChI is InChI=1S/C14H11F4NO7S2/c1-24-13(21)10-6-8(26-28(22,23)14(15,16)17)7-19(10)12(20)9-4-2-3-5-11(9)25-27-18/h2-5,7,10H,6H2,1H3. The number of alkyl halides is 3. The molecular formula is C14H11F4NO7S2. The number of benzene rings is 1. The fourth-order valence-corrected chi connectivity index (χ4v) is 2.95. The van der Waals surface area contributed by atoms with E-state index in [4.69, 9.17) is 0 Å². The summed E-state index contributed by atoms with van der Waals surface area (Å²) >= 11 is -0.555. The third-order valence-electron chi connectivity index (χ3n) is 3.46. The molecule has 1 aromatic carbocycles. The average Bonchev–Trinajstić information content (AvgIpc) is 3.03. The molecule has 0 spiro atoms. The van der Waals surface area contributed by atoms with Crippen LogP contribution in [0.2, 0.25) is 0 Å². The lowest BCUT2D eigenvalue weighted by Crippen LogP contribution is -2.39. The van der Waals surface area contributed by atoms with Crippen LogP contribution in [0.25, 0.3) is 0 Å². The minimum absolute atomic E-state index is 0.228. The molecule has 154 valence electrons. The van der Waals surface area contributed by atoms with E-state index < -0.39 is 58.2 Å². The second-order valence-electron chi connectivity index (χ2n) is 5.18. The number of para-hydroxylation sites is 1. The van der Waals surface area contributed by atoms with E-state index in [0.29, 0.717) is 11.1 Å². The fourth-order valence-electron chi connectivity index (χ4n) is 2.25. The number of nitrogens with zero attached hydrogens (tertiary/aromatic N) is 1. The number of carbonyl (C=O) groups is 2. The first-order valence-electron chi connectivity index (χ1n) is 7.18. The van der Waals surface area contributed by atoms with Crippen LogP contribution in [-0.2, 0) is 23.8 Å². The topological polar surface area (TPSA) is 99.2 Å². The van der Waals surface area contributed by atoms with Crippen molar-refractivity contribution in [2.24, 2.45) is 0 Å². The summed E-state index contributed by atoms with van der Waals surface area (Å²) < 4.78 is 85.3. The summed E-state index contributed by atoms with van der Waals surface area (Å²) in [5, 5.41) is 0. The molecule has 28 heavy (non-hydrogen) atoms. The van der Waals surface area contributed by atoms with Gasteiger partial charge in [-0.05, 0) is 12.1 Å². The van der Waals surface area contributed by atoms with Crippen LogP contribution in [0.5, 0.6) is 5.75 Å². The molecule has 0 N–H and O–H groups in total. The Balaban J connectivity index is 2.40. The quantitative estimate of drug-likeness (QED) is 0.217. The van der Waals surface area contributed by atoms with Gasteiger partial charge in [-0.3, -0.25) is 9.69 Å². The molecule has 0 fully saturated rings. The molecule has 0 saturated heterocycles. The van der Waals surface area contributed by atoms with Crippen LogP contribution < -0.4 is 4.18 Å². The lowest BCUT2D eigenvalue weighted by Gasteiger charge is -2.21. The number of carbonyl (C=O) groups excluding carboxylic acids is 2. The van der Waals surface area contributed by atoms with Gasteiger partial charge in [-0.1, -0.05) is 12.1 Å². The van der Waals surface area contributed by atoms with E-state index in [9.17, 15) is 35.1 Å². The lowest BCUT2D eigenvalue weighted by molar-refractivity contribution is -0.144. The smallest absolute Gasteiger partial charge is 0.467 e. The van der Waals surface area contributed by atoms with Crippen molar-refractivity contribution >= 4 is 34.4 Å². The second-order valence-corrected chi connectivity index (χ2v) is 7.01. The summed E-state index contributed by atoms with van der Waals surface area (Å²) in [5.41, 5.74) is -5.94. The molecule has 14 heteroatoms. The Bertz CT molecular complexity index is 901. The molecule has 8 nitrogen and oxygen atoms in total. The Morgan fingerprint density at radius 2 is 1.89 bits per heavy atom. The summed E-state index contributed by atoms with van der Waals surface area (Å²) in [6, 6.07) is 3.76. The Morgan fingerprint density at radius 3 is 2.46 bits per heavy atom. The van der Waals surface area contributed by atoms with Gasteiger partial charge in [-0.25, -0.2) is 4.79 Å². The number of hydrogen-bond acceptors (Lipinski definition) is 8. The van der Waals surface area contributed by atoms with Crippen molar-refractivity contribution < 1.29 is 48.2 Å². The molecule has 2 rings (SSSR count). The highest BCUT2D eigenvalue weighted by Crippen LogP contribution is 2.33. The maximum Gasteiger partial charge on any atom is 0.534 e. The number of hydrogen-bond donors (Lipinski definition) is 0. The van der Waals surface area contributed by atoms with Crippen molar-refractivity contribution in [3.63, 3.8) is 0 Å². The molecule has 1 aliphatic heterocycles. The van der Waals surface area contributed by atoms with Crippen LogP contribution in [0.3, 0.4) is 0 Å². The van der Waals surface area contributed by atoms with Gasteiger partial charge < -0.3 is 13.1 Å². The van der Waals surface area contributed by atoms with E-state index in [2.05, 4.69) is 13.1 Å². The Kier molecular flexibility index (Phi) is 6.44. The molecule has 1 amide bonds. The van der Waals surface area contributed by atoms with Crippen molar-refractivity contribution in [2.75, 3.05) is 7.11 Å². The maximum absolute atomic E-state index is 12.7. The van der Waals surface area contributed by atoms with Crippen LogP contribution in [0.1, 0.15) is 16.8 Å². The normalized spacial score (nSPS) is 17.1. The van der Waals surface area contributed by atoms with Crippen LogP contribution in [0, 0.1) is 0 Å². The van der Waals surface area contributed by atoms with Gasteiger partial charge in [0.05, 0.1) is 12.7 Å². The van der Waals surface area contributed by atoms with E-state index in [1.807, 2.05) is 0 Å². The van der Waals surface area contributed by atoms with E-state index >= 15 is 0 Å². The summed E-state index contributed by atoms with van der Waals surface area (Å²) in [6.45, 7) is 0. The predicted octanol–water partition coefficient (Wildman–Crippen LogP) is 2.69. The highest BCUT2D eigenvalue weighted by molar-refractivity contribution is 7.89. The Hall–Kier alpha value is -2.48. The Labute approximate surface area is 160 Å². The van der Waals surface area contributed by atoms with Crippen molar-refractivity contribution in [1.82, 2.24) is 4.90 Å². The van der Waals surface area contributed by atoms with E-state index in [-0.39, 0.29) is 11.3 Å². The van der Waals surface area contributed by atoms with Crippen LogP contribution in [0.15, 0.2) is 36.2 Å². The van der Waals surface area contributed by atoms with E-state index in [1.54, 1.807) is 0 Å². The molecule has 1 heterocycles. The van der Waals surface area contributed by atoms with Crippen LogP contribution >= 0.6 is 12.4 Å². The summed E-state index contributed by atoms with van der Waals surface area (Å²) in [4.78, 5) is 25.2. The number of esters is 1. The first-order valence-corrected chi connectivity index (χ1v) is 9.23. The summed E-state index contributed by atoms with van der Waals surface area (Å²) in [7, 11) is -5.04. The minimum atomic E-state index is -6.00. The molecule has 1 aliphatic rings. The second kappa shape index (κ2) is 8.26. The zero-order chi connectivity index (χ0) is 21.1. The predicted molar refractivity (Wildman–Crippen MR) is 86.5 cm³/mol. The molecule has 0 saturated carbocycles. The van der Waals surface area contributed by atoms with E-state index in [0.717, 1.165) is 7.11 Å². The number of methoxy groups -OCH3 is 1. The zero-order valence-electron chi connectivity index (χ0n) is 13.8. The summed E-state index contributed by atoms with van der Waals surface area (Å²) in [5.74, 6) is -3.05. The largest absolute Gasteiger partial charge is 0.534 e. The minimum Gasteiger partial charge on any atom is -0.467 e. The first-order chi connectivity index (χ1) is 13.0. The zero-order valence-corrected chi connectivity index (χ0v) is 15.4. The fraction of sp³-hybridized carbons (Fsp3) is 0.286. The number of halogens is 4. The molecule has 0 aromatic heterocycles. The number of amides is 1. The SMILES string of the molecule is COC(=O)C1CC(OS(=O)(=O)C(F)(F)F)=CN1C(=O)c1ccccc1OSF. The molecule has 0 aliphatic carbocycles. The molecule has 1 atom stereocenters. The van der Waals surface area contributed by atoms with Crippen molar-refractivity contribution in [1.29, 1.82) is 0 Å². The van der Waals surface area contributed by atoms with Gasteiger partial charge >= 0.3 is 21.6 Å². The van der Waals surface area contributed by atoms with Gasteiger partial charge in [-0.2, -0.15) is 21.6 Å². The summed E-state index contributed by atoms with van der Waals surface area (Å²) in [6.07, 6.45) is -0.0544. The average molecular weight is 445 g/mol. The van der Waals surface area contributed by atoms with Gasteiger partial charge in [-0.15, -0.1) is 3.89 Å². The molecule has 1 unspecified atom stereocenters. The van der Waals surface area contributed by atoms with Gasteiger partial charge in [0.25, 0.3) is 18.3 Å². The monoisotopic (exact) mass is 445 g/mol.